The third kappa shape index (κ3) is 3.33. The van der Waals surface area contributed by atoms with Gasteiger partial charge in [-0.1, -0.05) is 30.4 Å². The Morgan fingerprint density at radius 1 is 1.04 bits per heavy atom. The molecule has 0 unspecified atom stereocenters. The summed E-state index contributed by atoms with van der Waals surface area (Å²) in [4.78, 5) is 37.8. The van der Waals surface area contributed by atoms with Gasteiger partial charge in [-0.3, -0.25) is 19.3 Å². The molecule has 2 atom stereocenters. The van der Waals surface area contributed by atoms with Crippen molar-refractivity contribution < 1.29 is 14.4 Å². The van der Waals surface area contributed by atoms with Crippen molar-refractivity contribution in [2.45, 2.75) is 25.7 Å². The second kappa shape index (κ2) is 6.77. The van der Waals surface area contributed by atoms with Crippen LogP contribution in [0.5, 0.6) is 0 Å². The quantitative estimate of drug-likeness (QED) is 0.670. The average molecular weight is 312 g/mol. The molecular weight excluding hydrogens is 292 g/mol. The number of nitrogens with one attached hydrogen (secondary N) is 1. The van der Waals surface area contributed by atoms with Crippen molar-refractivity contribution in [1.82, 2.24) is 4.90 Å². The van der Waals surface area contributed by atoms with Crippen LogP contribution in [0.3, 0.4) is 0 Å². The van der Waals surface area contributed by atoms with Crippen LogP contribution in [0.1, 0.15) is 25.7 Å². The Balaban J connectivity index is 1.48. The molecule has 1 aliphatic carbocycles. The number of likely N-dealkylation sites (tertiary alicyclic amines) is 1. The first-order chi connectivity index (χ1) is 11.2. The van der Waals surface area contributed by atoms with E-state index in [-0.39, 0.29) is 29.6 Å². The lowest BCUT2D eigenvalue weighted by molar-refractivity contribution is -0.140. The Bertz CT molecular complexity index is 613. The van der Waals surface area contributed by atoms with Crippen LogP contribution >= 0.6 is 0 Å². The zero-order valence-electron chi connectivity index (χ0n) is 12.9. The summed E-state index contributed by atoms with van der Waals surface area (Å²) < 4.78 is 0. The Kier molecular flexibility index (Phi) is 4.55. The molecule has 0 radical (unpaired) electrons. The van der Waals surface area contributed by atoms with E-state index >= 15 is 0 Å². The normalized spacial score (nSPS) is 23.0. The van der Waals surface area contributed by atoms with Crippen molar-refractivity contribution in [3.63, 3.8) is 0 Å². The van der Waals surface area contributed by atoms with Gasteiger partial charge in [0.2, 0.25) is 17.7 Å². The van der Waals surface area contributed by atoms with E-state index in [0.717, 1.165) is 5.69 Å². The third-order valence-corrected chi connectivity index (χ3v) is 4.44. The summed E-state index contributed by atoms with van der Waals surface area (Å²) in [7, 11) is 0. The summed E-state index contributed by atoms with van der Waals surface area (Å²) in [5.41, 5.74) is 0.753. The number of hydrogen-bond donors (Lipinski definition) is 1. The highest BCUT2D eigenvalue weighted by atomic mass is 16.2. The Hall–Kier alpha value is -2.43. The van der Waals surface area contributed by atoms with Crippen LogP contribution in [0.15, 0.2) is 42.5 Å². The summed E-state index contributed by atoms with van der Waals surface area (Å²) in [5.74, 6) is -0.633. The first-order valence-corrected chi connectivity index (χ1v) is 8.02. The van der Waals surface area contributed by atoms with Gasteiger partial charge in [-0.05, 0) is 31.4 Å². The van der Waals surface area contributed by atoms with E-state index < -0.39 is 0 Å². The van der Waals surface area contributed by atoms with Gasteiger partial charge in [0.15, 0.2) is 0 Å². The zero-order chi connectivity index (χ0) is 16.2. The molecule has 1 aliphatic heterocycles. The minimum absolute atomic E-state index is 0.0761. The molecule has 1 heterocycles. The van der Waals surface area contributed by atoms with E-state index in [0.29, 0.717) is 32.2 Å². The molecule has 0 saturated carbocycles. The topological polar surface area (TPSA) is 66.5 Å². The molecule has 1 N–H and O–H groups in total. The number of allylic oxidation sites excluding steroid dienone is 2. The van der Waals surface area contributed by atoms with E-state index in [1.165, 1.54) is 4.90 Å². The van der Waals surface area contributed by atoms with Gasteiger partial charge in [0, 0.05) is 18.7 Å². The van der Waals surface area contributed by atoms with Gasteiger partial charge in [0.1, 0.15) is 0 Å². The maximum Gasteiger partial charge on any atom is 0.233 e. The number of carbonyl (C=O) groups excluding carboxylic acids is 3. The van der Waals surface area contributed by atoms with Crippen LogP contribution in [-0.2, 0) is 14.4 Å². The molecular formula is C18H20N2O3. The molecule has 1 aromatic carbocycles. The number of nitrogens with zero attached hydrogens (tertiary/aromatic N) is 1. The van der Waals surface area contributed by atoms with Crippen LogP contribution in [-0.4, -0.2) is 29.2 Å². The molecule has 3 rings (SSSR count). The Labute approximate surface area is 135 Å². The minimum Gasteiger partial charge on any atom is -0.326 e. The lowest BCUT2D eigenvalue weighted by atomic mass is 9.85. The maximum atomic E-state index is 12.3. The predicted octanol–water partition coefficient (Wildman–Crippen LogP) is 2.36. The fourth-order valence-corrected chi connectivity index (χ4v) is 3.23. The smallest absolute Gasteiger partial charge is 0.233 e. The molecule has 23 heavy (non-hydrogen) atoms. The molecule has 0 bridgehead atoms. The summed E-state index contributed by atoms with van der Waals surface area (Å²) in [5, 5.41) is 2.80. The fraction of sp³-hybridized carbons (Fsp3) is 0.389. The molecule has 0 aromatic heterocycles. The standard InChI is InChI=1S/C18H20N2O3/c21-16(19-13-7-2-1-3-8-13)11-6-12-20-17(22)14-9-4-5-10-15(14)18(20)23/h1-5,7-8,14-15H,6,9-12H2,(H,19,21)/t14-,15-/m0/s1. The van der Waals surface area contributed by atoms with Crippen molar-refractivity contribution in [2.24, 2.45) is 11.8 Å². The second-order valence-electron chi connectivity index (χ2n) is 6.00. The summed E-state index contributed by atoms with van der Waals surface area (Å²) in [6.07, 6.45) is 6.04. The SMILES string of the molecule is O=C(CCCN1C(=O)[C@H]2CC=CC[C@@H]2C1=O)Nc1ccccc1. The van der Waals surface area contributed by atoms with Crippen molar-refractivity contribution in [2.75, 3.05) is 11.9 Å². The number of rotatable bonds is 5. The van der Waals surface area contributed by atoms with Crippen LogP contribution in [0.2, 0.25) is 0 Å². The average Bonchev–Trinajstić information content (AvgIpc) is 2.81. The fourth-order valence-electron chi connectivity index (χ4n) is 3.23. The molecule has 1 aromatic rings. The maximum absolute atomic E-state index is 12.3. The molecule has 120 valence electrons. The van der Waals surface area contributed by atoms with Gasteiger partial charge in [0.25, 0.3) is 0 Å². The number of para-hydroxylation sites is 1. The van der Waals surface area contributed by atoms with Crippen molar-refractivity contribution in [1.29, 1.82) is 0 Å². The highest BCUT2D eigenvalue weighted by Crippen LogP contribution is 2.35. The van der Waals surface area contributed by atoms with E-state index in [9.17, 15) is 14.4 Å². The number of hydrogen-bond acceptors (Lipinski definition) is 3. The molecule has 1 fully saturated rings. The predicted molar refractivity (Wildman–Crippen MR) is 86.4 cm³/mol. The van der Waals surface area contributed by atoms with Gasteiger partial charge in [0.05, 0.1) is 11.8 Å². The van der Waals surface area contributed by atoms with Crippen molar-refractivity contribution in [3.05, 3.63) is 42.5 Å². The van der Waals surface area contributed by atoms with E-state index in [1.54, 1.807) is 0 Å². The molecule has 2 aliphatic rings. The molecule has 1 saturated heterocycles. The van der Waals surface area contributed by atoms with Crippen molar-refractivity contribution >= 4 is 23.4 Å². The molecule has 3 amide bonds. The number of imide groups is 1. The zero-order valence-corrected chi connectivity index (χ0v) is 12.9. The van der Waals surface area contributed by atoms with Gasteiger partial charge in [-0.15, -0.1) is 0 Å². The van der Waals surface area contributed by atoms with Gasteiger partial charge >= 0.3 is 0 Å². The lowest BCUT2D eigenvalue weighted by Gasteiger charge is -2.14. The van der Waals surface area contributed by atoms with E-state index in [2.05, 4.69) is 5.32 Å². The molecule has 0 spiro atoms. The second-order valence-corrected chi connectivity index (χ2v) is 6.00. The Morgan fingerprint density at radius 3 is 2.26 bits per heavy atom. The number of amides is 3. The van der Waals surface area contributed by atoms with Crippen LogP contribution in [0.4, 0.5) is 5.69 Å². The number of benzene rings is 1. The van der Waals surface area contributed by atoms with Gasteiger partial charge in [-0.25, -0.2) is 0 Å². The first-order valence-electron chi connectivity index (χ1n) is 8.02. The Morgan fingerprint density at radius 2 is 1.65 bits per heavy atom. The third-order valence-electron chi connectivity index (χ3n) is 4.44. The van der Waals surface area contributed by atoms with E-state index in [1.807, 2.05) is 42.5 Å². The van der Waals surface area contributed by atoms with Gasteiger partial charge < -0.3 is 5.32 Å². The minimum atomic E-state index is -0.189. The van der Waals surface area contributed by atoms with Crippen molar-refractivity contribution in [3.8, 4) is 0 Å². The first kappa shape index (κ1) is 15.5. The highest BCUT2D eigenvalue weighted by Gasteiger charge is 2.46. The summed E-state index contributed by atoms with van der Waals surface area (Å²) in [6.45, 7) is 0.326. The number of anilines is 1. The van der Waals surface area contributed by atoms with Crippen LogP contribution in [0.25, 0.3) is 0 Å². The van der Waals surface area contributed by atoms with Crippen LogP contribution < -0.4 is 5.32 Å². The largest absolute Gasteiger partial charge is 0.326 e. The molecule has 5 heteroatoms. The number of carbonyl (C=O) groups is 3. The highest BCUT2D eigenvalue weighted by molar-refractivity contribution is 6.05. The van der Waals surface area contributed by atoms with Gasteiger partial charge in [-0.2, -0.15) is 0 Å². The molecule has 5 nitrogen and oxygen atoms in total. The number of fused-ring (bicyclic) bond motifs is 1. The van der Waals surface area contributed by atoms with Crippen LogP contribution in [0, 0.1) is 11.8 Å². The summed E-state index contributed by atoms with van der Waals surface area (Å²) in [6, 6.07) is 9.24. The summed E-state index contributed by atoms with van der Waals surface area (Å²) >= 11 is 0. The lowest BCUT2D eigenvalue weighted by Crippen LogP contribution is -2.32. The van der Waals surface area contributed by atoms with E-state index in [4.69, 9.17) is 0 Å². The monoisotopic (exact) mass is 312 g/mol.